The standard InChI is InChI=1S/C22H21BrN2O3S/c1-16-3-9-19(10-4-16)24-22(26)15-25(20-11-7-18(23)8-12-20)29(27,28)21-13-5-17(2)6-14-21/h3-14H,15H2,1-2H3,(H,24,26). The minimum Gasteiger partial charge on any atom is -0.325 e. The molecule has 0 aliphatic heterocycles. The zero-order valence-corrected chi connectivity index (χ0v) is 18.5. The van der Waals surface area contributed by atoms with Gasteiger partial charge in [-0.2, -0.15) is 0 Å². The smallest absolute Gasteiger partial charge is 0.264 e. The van der Waals surface area contributed by atoms with Crippen LogP contribution in [0.5, 0.6) is 0 Å². The molecule has 3 rings (SSSR count). The summed E-state index contributed by atoms with van der Waals surface area (Å²) in [5, 5.41) is 2.76. The second-order valence-electron chi connectivity index (χ2n) is 6.72. The van der Waals surface area contributed by atoms with E-state index < -0.39 is 15.9 Å². The Hall–Kier alpha value is -2.64. The summed E-state index contributed by atoms with van der Waals surface area (Å²) in [6.45, 7) is 3.50. The van der Waals surface area contributed by atoms with Gasteiger partial charge in [0.1, 0.15) is 6.54 Å². The number of benzene rings is 3. The van der Waals surface area contributed by atoms with Gasteiger partial charge in [-0.25, -0.2) is 8.42 Å². The largest absolute Gasteiger partial charge is 0.325 e. The van der Waals surface area contributed by atoms with E-state index in [4.69, 9.17) is 0 Å². The quantitative estimate of drug-likeness (QED) is 0.554. The molecule has 0 saturated heterocycles. The molecule has 29 heavy (non-hydrogen) atoms. The summed E-state index contributed by atoms with van der Waals surface area (Å²) in [7, 11) is -3.92. The topological polar surface area (TPSA) is 66.5 Å². The molecule has 0 aliphatic carbocycles. The predicted octanol–water partition coefficient (Wildman–Crippen LogP) is 4.90. The van der Waals surface area contributed by atoms with E-state index in [-0.39, 0.29) is 11.4 Å². The number of hydrogen-bond acceptors (Lipinski definition) is 3. The van der Waals surface area contributed by atoms with E-state index in [1.165, 1.54) is 0 Å². The van der Waals surface area contributed by atoms with Crippen LogP contribution >= 0.6 is 15.9 Å². The third-order valence-electron chi connectivity index (χ3n) is 4.35. The molecule has 0 bridgehead atoms. The van der Waals surface area contributed by atoms with Crippen LogP contribution < -0.4 is 9.62 Å². The van der Waals surface area contributed by atoms with Crippen LogP contribution in [-0.4, -0.2) is 20.9 Å². The van der Waals surface area contributed by atoms with Crippen molar-refractivity contribution in [2.24, 2.45) is 0 Å². The number of carbonyl (C=O) groups is 1. The number of anilines is 2. The lowest BCUT2D eigenvalue weighted by molar-refractivity contribution is -0.114. The Morgan fingerprint density at radius 1 is 0.862 bits per heavy atom. The second-order valence-corrected chi connectivity index (χ2v) is 9.49. The van der Waals surface area contributed by atoms with E-state index in [1.54, 1.807) is 60.7 Å². The van der Waals surface area contributed by atoms with Gasteiger partial charge in [0.05, 0.1) is 10.6 Å². The van der Waals surface area contributed by atoms with Crippen LogP contribution in [0.2, 0.25) is 0 Å². The molecule has 1 N–H and O–H groups in total. The van der Waals surface area contributed by atoms with Gasteiger partial charge in [-0.15, -0.1) is 0 Å². The van der Waals surface area contributed by atoms with Crippen molar-refractivity contribution in [2.45, 2.75) is 18.7 Å². The molecule has 3 aromatic rings. The Labute approximate surface area is 179 Å². The van der Waals surface area contributed by atoms with Crippen molar-refractivity contribution < 1.29 is 13.2 Å². The van der Waals surface area contributed by atoms with E-state index in [0.717, 1.165) is 19.9 Å². The molecule has 0 radical (unpaired) electrons. The van der Waals surface area contributed by atoms with Gasteiger partial charge in [0.25, 0.3) is 10.0 Å². The maximum atomic E-state index is 13.3. The molecule has 1 amide bonds. The number of rotatable bonds is 6. The number of carbonyl (C=O) groups excluding carboxylic acids is 1. The molecule has 0 saturated carbocycles. The minimum absolute atomic E-state index is 0.133. The van der Waals surface area contributed by atoms with E-state index in [9.17, 15) is 13.2 Å². The SMILES string of the molecule is Cc1ccc(NC(=O)CN(c2ccc(Br)cc2)S(=O)(=O)c2ccc(C)cc2)cc1. The molecule has 0 aromatic heterocycles. The third kappa shape index (κ3) is 5.25. The summed E-state index contributed by atoms with van der Waals surface area (Å²) in [6.07, 6.45) is 0. The molecule has 0 fully saturated rings. The monoisotopic (exact) mass is 472 g/mol. The minimum atomic E-state index is -3.92. The molecular weight excluding hydrogens is 452 g/mol. The van der Waals surface area contributed by atoms with E-state index in [0.29, 0.717) is 11.4 Å². The highest BCUT2D eigenvalue weighted by atomic mass is 79.9. The van der Waals surface area contributed by atoms with Crippen LogP contribution in [0.1, 0.15) is 11.1 Å². The summed E-state index contributed by atoms with van der Waals surface area (Å²) in [5.41, 5.74) is 3.05. The lowest BCUT2D eigenvalue weighted by Gasteiger charge is -2.24. The fourth-order valence-electron chi connectivity index (χ4n) is 2.73. The Morgan fingerprint density at radius 3 is 1.93 bits per heavy atom. The van der Waals surface area contributed by atoms with Crippen molar-refractivity contribution in [3.05, 3.63) is 88.4 Å². The van der Waals surface area contributed by atoms with Crippen molar-refractivity contribution in [3.63, 3.8) is 0 Å². The molecule has 0 atom stereocenters. The maximum absolute atomic E-state index is 13.3. The molecule has 0 aliphatic rings. The zero-order chi connectivity index (χ0) is 21.0. The van der Waals surface area contributed by atoms with Gasteiger partial charge in [0.15, 0.2) is 0 Å². The predicted molar refractivity (Wildman–Crippen MR) is 120 cm³/mol. The molecule has 0 heterocycles. The van der Waals surface area contributed by atoms with Crippen LogP contribution in [0.25, 0.3) is 0 Å². The van der Waals surface area contributed by atoms with Gasteiger partial charge in [-0.3, -0.25) is 9.10 Å². The third-order valence-corrected chi connectivity index (χ3v) is 6.66. The first-order valence-corrected chi connectivity index (χ1v) is 11.2. The second kappa shape index (κ2) is 8.80. The summed E-state index contributed by atoms with van der Waals surface area (Å²) >= 11 is 3.35. The normalized spacial score (nSPS) is 11.1. The summed E-state index contributed by atoms with van der Waals surface area (Å²) in [5.74, 6) is -0.424. The summed E-state index contributed by atoms with van der Waals surface area (Å²) < 4.78 is 28.5. The average molecular weight is 473 g/mol. The van der Waals surface area contributed by atoms with Gasteiger partial charge < -0.3 is 5.32 Å². The highest BCUT2D eigenvalue weighted by molar-refractivity contribution is 9.10. The van der Waals surface area contributed by atoms with E-state index in [2.05, 4.69) is 21.2 Å². The average Bonchev–Trinajstić information content (AvgIpc) is 2.69. The molecule has 3 aromatic carbocycles. The maximum Gasteiger partial charge on any atom is 0.264 e. The highest BCUT2D eigenvalue weighted by Crippen LogP contribution is 2.25. The number of sulfonamides is 1. The first-order valence-electron chi connectivity index (χ1n) is 8.97. The van der Waals surface area contributed by atoms with E-state index >= 15 is 0 Å². The molecule has 7 heteroatoms. The lowest BCUT2D eigenvalue weighted by atomic mass is 10.2. The van der Waals surface area contributed by atoms with Crippen molar-refractivity contribution in [1.82, 2.24) is 0 Å². The van der Waals surface area contributed by atoms with Crippen molar-refractivity contribution >= 4 is 43.2 Å². The molecule has 0 spiro atoms. The Kier molecular flexibility index (Phi) is 6.39. The fourth-order valence-corrected chi connectivity index (χ4v) is 4.41. The Morgan fingerprint density at radius 2 is 1.38 bits per heavy atom. The van der Waals surface area contributed by atoms with Crippen LogP contribution in [0, 0.1) is 13.8 Å². The van der Waals surface area contributed by atoms with Gasteiger partial charge >= 0.3 is 0 Å². The Balaban J connectivity index is 1.92. The molecule has 5 nitrogen and oxygen atoms in total. The summed E-state index contributed by atoms with van der Waals surface area (Å²) in [4.78, 5) is 12.8. The van der Waals surface area contributed by atoms with Gasteiger partial charge in [-0.1, -0.05) is 51.3 Å². The zero-order valence-electron chi connectivity index (χ0n) is 16.1. The van der Waals surface area contributed by atoms with Gasteiger partial charge in [0, 0.05) is 10.2 Å². The van der Waals surface area contributed by atoms with Crippen LogP contribution in [0.15, 0.2) is 82.2 Å². The lowest BCUT2D eigenvalue weighted by Crippen LogP contribution is -2.38. The highest BCUT2D eigenvalue weighted by Gasteiger charge is 2.27. The first kappa shape index (κ1) is 21.1. The number of amides is 1. The number of hydrogen-bond donors (Lipinski definition) is 1. The number of halogens is 1. The van der Waals surface area contributed by atoms with Crippen LogP contribution in [0.3, 0.4) is 0 Å². The fraction of sp³-hybridized carbons (Fsp3) is 0.136. The van der Waals surface area contributed by atoms with Crippen LogP contribution in [0.4, 0.5) is 11.4 Å². The first-order chi connectivity index (χ1) is 13.8. The van der Waals surface area contributed by atoms with Crippen molar-refractivity contribution in [2.75, 3.05) is 16.2 Å². The number of aryl methyl sites for hydroxylation is 2. The van der Waals surface area contributed by atoms with Crippen molar-refractivity contribution in [3.8, 4) is 0 Å². The molecular formula is C22H21BrN2O3S. The van der Waals surface area contributed by atoms with E-state index in [1.807, 2.05) is 26.0 Å². The Bertz CT molecular complexity index is 1090. The summed E-state index contributed by atoms with van der Waals surface area (Å²) in [6, 6.07) is 20.7. The van der Waals surface area contributed by atoms with Crippen LogP contribution in [-0.2, 0) is 14.8 Å². The number of nitrogens with one attached hydrogen (secondary N) is 1. The van der Waals surface area contributed by atoms with Gasteiger partial charge in [-0.05, 0) is 62.4 Å². The number of nitrogens with zero attached hydrogens (tertiary/aromatic N) is 1. The van der Waals surface area contributed by atoms with Gasteiger partial charge in [0.2, 0.25) is 5.91 Å². The molecule has 150 valence electrons. The molecule has 0 unspecified atom stereocenters. The van der Waals surface area contributed by atoms with Crippen molar-refractivity contribution in [1.29, 1.82) is 0 Å².